The number of likely N-dealkylation sites (tertiary alicyclic amines) is 1. The molecule has 0 radical (unpaired) electrons. The minimum absolute atomic E-state index is 0.0111. The first-order chi connectivity index (χ1) is 9.33. The molecular formula is C15H20N2O2. The SMILES string of the molecule is O=C(c1ccc(CN2CCCC2)o1)N1CC=CCC1. The topological polar surface area (TPSA) is 36.7 Å². The monoisotopic (exact) mass is 260 g/mol. The fraction of sp³-hybridized carbons (Fsp3) is 0.533. The molecule has 0 N–H and O–H groups in total. The van der Waals surface area contributed by atoms with Gasteiger partial charge >= 0.3 is 0 Å². The number of hydrogen-bond donors (Lipinski definition) is 0. The van der Waals surface area contributed by atoms with Gasteiger partial charge in [-0.25, -0.2) is 0 Å². The molecule has 1 saturated heterocycles. The van der Waals surface area contributed by atoms with Gasteiger partial charge in [0.05, 0.1) is 6.54 Å². The van der Waals surface area contributed by atoms with E-state index in [0.29, 0.717) is 12.3 Å². The highest BCUT2D eigenvalue weighted by molar-refractivity contribution is 5.91. The highest BCUT2D eigenvalue weighted by Crippen LogP contribution is 2.17. The van der Waals surface area contributed by atoms with Crippen LogP contribution >= 0.6 is 0 Å². The maximum Gasteiger partial charge on any atom is 0.289 e. The first-order valence-corrected chi connectivity index (χ1v) is 7.08. The average molecular weight is 260 g/mol. The van der Waals surface area contributed by atoms with Gasteiger partial charge in [-0.3, -0.25) is 9.69 Å². The molecule has 0 aromatic carbocycles. The number of carbonyl (C=O) groups excluding carboxylic acids is 1. The smallest absolute Gasteiger partial charge is 0.289 e. The molecule has 1 amide bonds. The minimum Gasteiger partial charge on any atom is -0.455 e. The highest BCUT2D eigenvalue weighted by Gasteiger charge is 2.20. The van der Waals surface area contributed by atoms with Gasteiger partial charge in [0.15, 0.2) is 5.76 Å². The van der Waals surface area contributed by atoms with Crippen LogP contribution in [0.25, 0.3) is 0 Å². The van der Waals surface area contributed by atoms with Crippen molar-refractivity contribution < 1.29 is 9.21 Å². The standard InChI is InChI=1S/C15H20N2O2/c18-15(17-10-2-1-3-11-17)14-7-6-13(19-14)12-16-8-4-5-9-16/h1-2,6-7H,3-5,8-12H2. The summed E-state index contributed by atoms with van der Waals surface area (Å²) in [5.74, 6) is 1.39. The zero-order valence-electron chi connectivity index (χ0n) is 11.2. The second-order valence-electron chi connectivity index (χ2n) is 5.26. The summed E-state index contributed by atoms with van der Waals surface area (Å²) in [5.41, 5.74) is 0. The summed E-state index contributed by atoms with van der Waals surface area (Å²) < 4.78 is 5.70. The van der Waals surface area contributed by atoms with Crippen molar-refractivity contribution in [2.24, 2.45) is 0 Å². The van der Waals surface area contributed by atoms with Crippen molar-refractivity contribution in [3.8, 4) is 0 Å². The fourth-order valence-corrected chi connectivity index (χ4v) is 2.72. The first kappa shape index (κ1) is 12.5. The quantitative estimate of drug-likeness (QED) is 0.782. The molecule has 0 aliphatic carbocycles. The van der Waals surface area contributed by atoms with Gasteiger partial charge < -0.3 is 9.32 Å². The van der Waals surface area contributed by atoms with Crippen LogP contribution in [0.2, 0.25) is 0 Å². The molecule has 1 fully saturated rings. The van der Waals surface area contributed by atoms with Crippen molar-refractivity contribution in [3.63, 3.8) is 0 Å². The summed E-state index contributed by atoms with van der Waals surface area (Å²) in [7, 11) is 0. The number of carbonyl (C=O) groups is 1. The van der Waals surface area contributed by atoms with Crippen LogP contribution in [0.3, 0.4) is 0 Å². The van der Waals surface area contributed by atoms with Crippen molar-refractivity contribution in [1.82, 2.24) is 9.80 Å². The van der Waals surface area contributed by atoms with Crippen LogP contribution in [0.4, 0.5) is 0 Å². The third-order valence-electron chi connectivity index (χ3n) is 3.80. The van der Waals surface area contributed by atoms with E-state index in [-0.39, 0.29) is 5.91 Å². The number of rotatable bonds is 3. The Kier molecular flexibility index (Phi) is 3.69. The molecule has 0 spiro atoms. The molecular weight excluding hydrogens is 240 g/mol. The Morgan fingerprint density at radius 3 is 2.74 bits per heavy atom. The summed E-state index contributed by atoms with van der Waals surface area (Å²) >= 11 is 0. The number of furan rings is 1. The molecule has 2 aliphatic rings. The Balaban J connectivity index is 1.63. The molecule has 4 nitrogen and oxygen atoms in total. The van der Waals surface area contributed by atoms with E-state index in [1.807, 2.05) is 23.1 Å². The van der Waals surface area contributed by atoms with Gasteiger partial charge in [-0.2, -0.15) is 0 Å². The highest BCUT2D eigenvalue weighted by atomic mass is 16.4. The second kappa shape index (κ2) is 5.61. The van der Waals surface area contributed by atoms with Crippen LogP contribution in [-0.4, -0.2) is 41.9 Å². The van der Waals surface area contributed by atoms with E-state index in [1.54, 1.807) is 0 Å². The molecule has 2 aliphatic heterocycles. The summed E-state index contributed by atoms with van der Waals surface area (Å²) in [6, 6.07) is 3.75. The lowest BCUT2D eigenvalue weighted by molar-refractivity contribution is 0.0735. The van der Waals surface area contributed by atoms with Gasteiger partial charge in [-0.05, 0) is 44.5 Å². The number of hydrogen-bond acceptors (Lipinski definition) is 3. The summed E-state index contributed by atoms with van der Waals surface area (Å²) in [6.07, 6.45) is 7.63. The molecule has 0 atom stereocenters. The zero-order valence-corrected chi connectivity index (χ0v) is 11.2. The van der Waals surface area contributed by atoms with Crippen molar-refractivity contribution in [2.45, 2.75) is 25.8 Å². The zero-order chi connectivity index (χ0) is 13.1. The average Bonchev–Trinajstić information content (AvgIpc) is 3.11. The predicted molar refractivity (Wildman–Crippen MR) is 72.9 cm³/mol. The van der Waals surface area contributed by atoms with Crippen LogP contribution in [0.1, 0.15) is 35.6 Å². The van der Waals surface area contributed by atoms with Gasteiger partial charge in [-0.15, -0.1) is 0 Å². The molecule has 0 unspecified atom stereocenters. The normalized spacial score (nSPS) is 20.1. The lowest BCUT2D eigenvalue weighted by Gasteiger charge is -2.22. The van der Waals surface area contributed by atoms with E-state index in [1.165, 1.54) is 12.8 Å². The van der Waals surface area contributed by atoms with E-state index in [0.717, 1.165) is 38.4 Å². The van der Waals surface area contributed by atoms with Gasteiger partial charge in [-0.1, -0.05) is 12.2 Å². The Morgan fingerprint density at radius 2 is 2.00 bits per heavy atom. The predicted octanol–water partition coefficient (Wildman–Crippen LogP) is 2.28. The van der Waals surface area contributed by atoms with Crippen LogP contribution < -0.4 is 0 Å². The Morgan fingerprint density at radius 1 is 1.16 bits per heavy atom. The fourth-order valence-electron chi connectivity index (χ4n) is 2.72. The molecule has 102 valence electrons. The van der Waals surface area contributed by atoms with Crippen LogP contribution in [0.5, 0.6) is 0 Å². The maximum atomic E-state index is 12.2. The van der Waals surface area contributed by atoms with Crippen molar-refractivity contribution in [3.05, 3.63) is 35.8 Å². The summed E-state index contributed by atoms with van der Waals surface area (Å²) in [5, 5.41) is 0. The number of nitrogens with zero attached hydrogens (tertiary/aromatic N) is 2. The Hall–Kier alpha value is -1.55. The van der Waals surface area contributed by atoms with E-state index in [4.69, 9.17) is 4.42 Å². The summed E-state index contributed by atoms with van der Waals surface area (Å²) in [6.45, 7) is 4.59. The lowest BCUT2D eigenvalue weighted by Crippen LogP contribution is -2.33. The van der Waals surface area contributed by atoms with Crippen molar-refractivity contribution in [2.75, 3.05) is 26.2 Å². The third kappa shape index (κ3) is 2.89. The molecule has 0 bridgehead atoms. The van der Waals surface area contributed by atoms with Gasteiger partial charge in [0.2, 0.25) is 0 Å². The number of amides is 1. The van der Waals surface area contributed by atoms with Crippen molar-refractivity contribution >= 4 is 5.91 Å². The Labute approximate surface area is 113 Å². The second-order valence-corrected chi connectivity index (χ2v) is 5.26. The van der Waals surface area contributed by atoms with Crippen LogP contribution in [0.15, 0.2) is 28.7 Å². The van der Waals surface area contributed by atoms with Gasteiger partial charge in [0.25, 0.3) is 5.91 Å². The van der Waals surface area contributed by atoms with E-state index in [9.17, 15) is 4.79 Å². The summed E-state index contributed by atoms with van der Waals surface area (Å²) in [4.78, 5) is 16.4. The van der Waals surface area contributed by atoms with Crippen molar-refractivity contribution in [1.29, 1.82) is 0 Å². The van der Waals surface area contributed by atoms with E-state index < -0.39 is 0 Å². The molecule has 3 rings (SSSR count). The maximum absolute atomic E-state index is 12.2. The van der Waals surface area contributed by atoms with Crippen LogP contribution in [-0.2, 0) is 6.54 Å². The third-order valence-corrected chi connectivity index (χ3v) is 3.80. The molecule has 1 aromatic rings. The lowest BCUT2D eigenvalue weighted by atomic mass is 10.2. The molecule has 1 aromatic heterocycles. The van der Waals surface area contributed by atoms with Gasteiger partial charge in [0.1, 0.15) is 5.76 Å². The molecule has 0 saturated carbocycles. The minimum atomic E-state index is 0.0111. The molecule has 4 heteroatoms. The van der Waals surface area contributed by atoms with Crippen LogP contribution in [0, 0.1) is 0 Å². The van der Waals surface area contributed by atoms with Gasteiger partial charge in [0, 0.05) is 13.1 Å². The first-order valence-electron chi connectivity index (χ1n) is 7.08. The van der Waals surface area contributed by atoms with E-state index in [2.05, 4.69) is 11.0 Å². The Bertz CT molecular complexity index is 472. The molecule has 19 heavy (non-hydrogen) atoms. The van der Waals surface area contributed by atoms with E-state index >= 15 is 0 Å². The largest absolute Gasteiger partial charge is 0.455 e. The molecule has 3 heterocycles.